The number of nitro groups is 1. The molecule has 1 saturated heterocycles. The first-order valence-electron chi connectivity index (χ1n) is 10.7. The number of benzene rings is 3. The molecule has 0 aliphatic carbocycles. The molecule has 0 bridgehead atoms. The highest BCUT2D eigenvalue weighted by molar-refractivity contribution is 5.98. The summed E-state index contributed by atoms with van der Waals surface area (Å²) < 4.78 is 0. The average molecular weight is 439 g/mol. The highest BCUT2D eigenvalue weighted by Crippen LogP contribution is 2.28. The maximum atomic E-state index is 12.9. The van der Waals surface area contributed by atoms with E-state index in [2.05, 4.69) is 33.3 Å². The first-order chi connectivity index (χ1) is 16.1. The van der Waals surface area contributed by atoms with Crippen molar-refractivity contribution in [3.05, 3.63) is 94.5 Å². The number of hydrogen-bond acceptors (Lipinski definition) is 6. The Morgan fingerprint density at radius 2 is 1.55 bits per heavy atom. The van der Waals surface area contributed by atoms with Crippen LogP contribution in [0.25, 0.3) is 22.0 Å². The van der Waals surface area contributed by atoms with E-state index in [-0.39, 0.29) is 17.2 Å². The van der Waals surface area contributed by atoms with Crippen LogP contribution in [0.2, 0.25) is 0 Å². The summed E-state index contributed by atoms with van der Waals surface area (Å²) in [7, 11) is 0. The Hall–Kier alpha value is -4.33. The molecule has 2 heterocycles. The predicted molar refractivity (Wildman–Crippen MR) is 126 cm³/mol. The van der Waals surface area contributed by atoms with Crippen molar-refractivity contribution in [2.45, 2.75) is 0 Å². The molecule has 33 heavy (non-hydrogen) atoms. The highest BCUT2D eigenvalue weighted by atomic mass is 16.6. The molecule has 1 fully saturated rings. The van der Waals surface area contributed by atoms with E-state index in [1.54, 1.807) is 17.0 Å². The molecule has 3 aromatic carbocycles. The smallest absolute Gasteiger partial charge is 0.282 e. The molecule has 0 spiro atoms. The number of fused-ring (bicyclic) bond motifs is 1. The predicted octanol–water partition coefficient (Wildman–Crippen LogP) is 4.17. The minimum atomic E-state index is -0.517. The first kappa shape index (κ1) is 20.6. The summed E-state index contributed by atoms with van der Waals surface area (Å²) in [5, 5.41) is 22.4. The van der Waals surface area contributed by atoms with Gasteiger partial charge in [-0.1, -0.05) is 54.6 Å². The number of hydrogen-bond donors (Lipinski definition) is 0. The molecule has 164 valence electrons. The van der Waals surface area contributed by atoms with Crippen LogP contribution in [0, 0.1) is 10.1 Å². The molecular formula is C25H21N5O3. The molecule has 5 rings (SSSR count). The number of nitrogens with zero attached hydrogens (tertiary/aromatic N) is 5. The number of rotatable bonds is 4. The van der Waals surface area contributed by atoms with Crippen molar-refractivity contribution in [3.8, 4) is 11.3 Å². The minimum absolute atomic E-state index is 0.121. The third kappa shape index (κ3) is 3.98. The van der Waals surface area contributed by atoms with E-state index in [1.165, 1.54) is 12.1 Å². The lowest BCUT2D eigenvalue weighted by Gasteiger charge is -2.35. The van der Waals surface area contributed by atoms with Crippen LogP contribution in [0.3, 0.4) is 0 Å². The van der Waals surface area contributed by atoms with Crippen LogP contribution in [0.5, 0.6) is 0 Å². The van der Waals surface area contributed by atoms with Crippen LogP contribution in [-0.4, -0.2) is 52.1 Å². The van der Waals surface area contributed by atoms with Crippen molar-refractivity contribution in [3.63, 3.8) is 0 Å². The lowest BCUT2D eigenvalue weighted by atomic mass is 10.0. The van der Waals surface area contributed by atoms with E-state index in [4.69, 9.17) is 0 Å². The van der Waals surface area contributed by atoms with Gasteiger partial charge in [0.2, 0.25) is 0 Å². The van der Waals surface area contributed by atoms with E-state index in [0.29, 0.717) is 26.2 Å². The standard InChI is InChI=1S/C25H21N5O3/c31-25(21-9-3-4-11-23(21)30(32)33)29-16-14-28(15-17-29)24-13-12-22(26-27-24)20-10-5-7-18-6-1-2-8-19(18)20/h1-13H,14-17H2. The zero-order valence-electron chi connectivity index (χ0n) is 17.8. The molecule has 0 N–H and O–H groups in total. The van der Waals surface area contributed by atoms with Crippen molar-refractivity contribution < 1.29 is 9.72 Å². The van der Waals surface area contributed by atoms with Gasteiger partial charge in [0.1, 0.15) is 5.56 Å². The van der Waals surface area contributed by atoms with Gasteiger partial charge in [0, 0.05) is 37.8 Å². The van der Waals surface area contributed by atoms with Crippen LogP contribution < -0.4 is 4.90 Å². The number of piperazine rings is 1. The SMILES string of the molecule is O=C(c1ccccc1[N+](=O)[O-])N1CCN(c2ccc(-c3cccc4ccccc34)nn2)CC1. The fraction of sp³-hybridized carbons (Fsp3) is 0.160. The summed E-state index contributed by atoms with van der Waals surface area (Å²) in [5.74, 6) is 0.427. The number of anilines is 1. The number of carbonyl (C=O) groups is 1. The van der Waals surface area contributed by atoms with Crippen LogP contribution in [-0.2, 0) is 0 Å². The minimum Gasteiger partial charge on any atom is -0.352 e. The Morgan fingerprint density at radius 1 is 0.818 bits per heavy atom. The molecule has 1 amide bonds. The highest BCUT2D eigenvalue weighted by Gasteiger charge is 2.27. The van der Waals surface area contributed by atoms with Gasteiger partial charge < -0.3 is 9.80 Å². The third-order valence-electron chi connectivity index (χ3n) is 5.94. The molecular weight excluding hydrogens is 418 g/mol. The molecule has 1 aliphatic rings. The number of para-hydroxylation sites is 1. The van der Waals surface area contributed by atoms with Gasteiger partial charge in [-0.05, 0) is 29.0 Å². The monoisotopic (exact) mass is 439 g/mol. The summed E-state index contributed by atoms with van der Waals surface area (Å²) in [6.45, 7) is 2.07. The topological polar surface area (TPSA) is 92.5 Å². The van der Waals surface area contributed by atoms with Crippen molar-refractivity contribution in [1.82, 2.24) is 15.1 Å². The second-order valence-corrected chi connectivity index (χ2v) is 7.86. The number of nitro benzene ring substituents is 1. The summed E-state index contributed by atoms with van der Waals surface area (Å²) >= 11 is 0. The lowest BCUT2D eigenvalue weighted by molar-refractivity contribution is -0.385. The van der Waals surface area contributed by atoms with Crippen molar-refractivity contribution in [1.29, 1.82) is 0 Å². The molecule has 0 atom stereocenters. The van der Waals surface area contributed by atoms with Gasteiger partial charge in [-0.25, -0.2) is 0 Å². The second-order valence-electron chi connectivity index (χ2n) is 7.86. The van der Waals surface area contributed by atoms with Gasteiger partial charge in [-0.15, -0.1) is 10.2 Å². The van der Waals surface area contributed by atoms with E-state index in [0.717, 1.165) is 27.8 Å². The van der Waals surface area contributed by atoms with Crippen LogP contribution in [0.15, 0.2) is 78.9 Å². The average Bonchev–Trinajstić information content (AvgIpc) is 2.88. The Kier molecular flexibility index (Phi) is 5.40. The molecule has 1 aromatic heterocycles. The normalized spacial score (nSPS) is 13.8. The van der Waals surface area contributed by atoms with Crippen LogP contribution in [0.1, 0.15) is 10.4 Å². The van der Waals surface area contributed by atoms with Gasteiger partial charge in [0.05, 0.1) is 10.6 Å². The zero-order chi connectivity index (χ0) is 22.8. The van der Waals surface area contributed by atoms with Gasteiger partial charge in [-0.2, -0.15) is 0 Å². The molecule has 8 heteroatoms. The number of amides is 1. The van der Waals surface area contributed by atoms with Gasteiger partial charge in [-0.3, -0.25) is 14.9 Å². The van der Waals surface area contributed by atoms with Crippen molar-refractivity contribution >= 4 is 28.2 Å². The lowest BCUT2D eigenvalue weighted by Crippen LogP contribution is -2.49. The molecule has 0 unspecified atom stereocenters. The molecule has 0 saturated carbocycles. The van der Waals surface area contributed by atoms with Gasteiger partial charge in [0.25, 0.3) is 11.6 Å². The Balaban J connectivity index is 1.29. The maximum Gasteiger partial charge on any atom is 0.282 e. The molecule has 0 radical (unpaired) electrons. The number of aromatic nitrogens is 2. The van der Waals surface area contributed by atoms with Gasteiger partial charge in [0.15, 0.2) is 5.82 Å². The van der Waals surface area contributed by atoms with E-state index in [1.807, 2.05) is 36.4 Å². The summed E-state index contributed by atoms with van der Waals surface area (Å²) in [5.41, 5.74) is 1.79. The molecule has 4 aromatic rings. The second kappa shape index (κ2) is 8.66. The van der Waals surface area contributed by atoms with Crippen molar-refractivity contribution in [2.24, 2.45) is 0 Å². The Labute approximate surface area is 190 Å². The zero-order valence-corrected chi connectivity index (χ0v) is 17.8. The quantitative estimate of drug-likeness (QED) is 0.350. The van der Waals surface area contributed by atoms with Crippen molar-refractivity contribution in [2.75, 3.05) is 31.1 Å². The van der Waals surface area contributed by atoms with Gasteiger partial charge >= 0.3 is 0 Å². The van der Waals surface area contributed by atoms with Crippen LogP contribution in [0.4, 0.5) is 11.5 Å². The first-order valence-corrected chi connectivity index (χ1v) is 10.7. The molecule has 1 aliphatic heterocycles. The largest absolute Gasteiger partial charge is 0.352 e. The Morgan fingerprint density at radius 3 is 2.30 bits per heavy atom. The van der Waals surface area contributed by atoms with Crippen LogP contribution >= 0.6 is 0 Å². The summed E-state index contributed by atoms with van der Waals surface area (Å²) in [4.78, 5) is 27.3. The van der Waals surface area contributed by atoms with E-state index >= 15 is 0 Å². The van der Waals surface area contributed by atoms with E-state index < -0.39 is 4.92 Å². The number of carbonyl (C=O) groups excluding carboxylic acids is 1. The maximum absolute atomic E-state index is 12.9. The third-order valence-corrected chi connectivity index (χ3v) is 5.94. The fourth-order valence-corrected chi connectivity index (χ4v) is 4.21. The summed E-state index contributed by atoms with van der Waals surface area (Å²) in [6, 6.07) is 24.3. The fourth-order valence-electron chi connectivity index (χ4n) is 4.21. The molecule has 8 nitrogen and oxygen atoms in total. The Bertz CT molecular complexity index is 1330. The van der Waals surface area contributed by atoms with E-state index in [9.17, 15) is 14.9 Å². The summed E-state index contributed by atoms with van der Waals surface area (Å²) in [6.07, 6.45) is 0.